The number of nitrogens with zero attached hydrogens (tertiary/aromatic N) is 5. The molecule has 2 aromatic rings. The van der Waals surface area contributed by atoms with Crippen LogP contribution >= 0.6 is 0 Å². The maximum absolute atomic E-state index is 11.4. The van der Waals surface area contributed by atoms with Gasteiger partial charge in [-0.1, -0.05) is 0 Å². The largest absolute Gasteiger partial charge is 0.367 e. The second-order valence-electron chi connectivity index (χ2n) is 5.38. The van der Waals surface area contributed by atoms with E-state index in [-0.39, 0.29) is 12.3 Å². The van der Waals surface area contributed by atoms with Crippen LogP contribution in [0.2, 0.25) is 0 Å². The number of likely N-dealkylation sites (N-methyl/N-ethyl adjacent to an activating group) is 1. The van der Waals surface area contributed by atoms with Gasteiger partial charge in [0.2, 0.25) is 10.0 Å². The Bertz CT molecular complexity index is 742. The Morgan fingerprint density at radius 1 is 1.22 bits per heavy atom. The molecule has 0 saturated carbocycles. The number of rotatable bonds is 9. The Morgan fingerprint density at radius 2 is 2.00 bits per heavy atom. The number of anilines is 1. The maximum atomic E-state index is 11.4. The molecule has 0 aliphatic heterocycles. The van der Waals surface area contributed by atoms with Crippen LogP contribution in [0.1, 0.15) is 12.7 Å². The van der Waals surface area contributed by atoms with E-state index in [0.29, 0.717) is 17.9 Å². The molecule has 0 aliphatic rings. The fourth-order valence-corrected chi connectivity index (χ4v) is 2.53. The lowest BCUT2D eigenvalue weighted by Gasteiger charge is -2.10. The third-order valence-electron chi connectivity index (χ3n) is 3.24. The topological polar surface area (TPSA) is 105 Å². The molecule has 2 N–H and O–H groups in total. The smallest absolute Gasteiger partial charge is 0.211 e. The van der Waals surface area contributed by atoms with Crippen molar-refractivity contribution in [2.75, 3.05) is 44.8 Å². The first-order valence-corrected chi connectivity index (χ1v) is 9.14. The molecule has 0 atom stereocenters. The van der Waals surface area contributed by atoms with Crippen molar-refractivity contribution in [2.45, 2.75) is 13.3 Å². The molecule has 2 aromatic heterocycles. The zero-order valence-corrected chi connectivity index (χ0v) is 14.5. The van der Waals surface area contributed by atoms with Crippen LogP contribution in [0.5, 0.6) is 0 Å². The molecule has 0 fully saturated rings. The molecular formula is C13H23N7O2S. The molecule has 2 heterocycles. The number of hydrogen-bond acceptors (Lipinski definition) is 7. The Labute approximate surface area is 136 Å². The minimum absolute atomic E-state index is 0.0613. The second-order valence-corrected chi connectivity index (χ2v) is 7.48. The van der Waals surface area contributed by atoms with Crippen molar-refractivity contribution in [2.24, 2.45) is 0 Å². The van der Waals surface area contributed by atoms with E-state index in [9.17, 15) is 8.42 Å². The Morgan fingerprint density at radius 3 is 2.70 bits per heavy atom. The Balaban J connectivity index is 2.03. The molecule has 0 spiro atoms. The van der Waals surface area contributed by atoms with Crippen molar-refractivity contribution in [1.29, 1.82) is 0 Å². The third kappa shape index (κ3) is 5.12. The number of hydrogen-bond donors (Lipinski definition) is 2. The van der Waals surface area contributed by atoms with Gasteiger partial charge in [0.25, 0.3) is 0 Å². The van der Waals surface area contributed by atoms with Crippen LogP contribution in [0.4, 0.5) is 5.82 Å². The lowest BCUT2D eigenvalue weighted by Crippen LogP contribution is -2.27. The minimum Gasteiger partial charge on any atom is -0.367 e. The van der Waals surface area contributed by atoms with Gasteiger partial charge >= 0.3 is 0 Å². The van der Waals surface area contributed by atoms with Gasteiger partial charge in [0.05, 0.1) is 5.75 Å². The van der Waals surface area contributed by atoms with Gasteiger partial charge in [-0.3, -0.25) is 0 Å². The van der Waals surface area contributed by atoms with Crippen molar-refractivity contribution in [3.05, 3.63) is 18.0 Å². The van der Waals surface area contributed by atoms with Crippen molar-refractivity contribution in [3.8, 4) is 0 Å². The van der Waals surface area contributed by atoms with E-state index < -0.39 is 10.0 Å². The fraction of sp³-hybridized carbons (Fsp3) is 0.615. The number of fused-ring (bicyclic) bond motifs is 1. The number of aromatic nitrogens is 4. The molecule has 0 saturated heterocycles. The van der Waals surface area contributed by atoms with Crippen molar-refractivity contribution in [1.82, 2.24) is 29.4 Å². The third-order valence-corrected chi connectivity index (χ3v) is 4.65. The summed E-state index contributed by atoms with van der Waals surface area (Å²) in [6, 6.07) is 3.68. The summed E-state index contributed by atoms with van der Waals surface area (Å²) in [6.45, 7) is 3.55. The summed E-state index contributed by atoms with van der Waals surface area (Å²) in [5, 5.41) is 15.8. The van der Waals surface area contributed by atoms with E-state index in [1.807, 2.05) is 26.2 Å². The van der Waals surface area contributed by atoms with Crippen LogP contribution in [0.15, 0.2) is 12.1 Å². The molecule has 0 radical (unpaired) electrons. The van der Waals surface area contributed by atoms with Crippen LogP contribution in [0, 0.1) is 0 Å². The van der Waals surface area contributed by atoms with Gasteiger partial charge < -0.3 is 10.2 Å². The van der Waals surface area contributed by atoms with Crippen LogP contribution in [0.3, 0.4) is 0 Å². The molecular weight excluding hydrogens is 318 g/mol. The summed E-state index contributed by atoms with van der Waals surface area (Å²) in [4.78, 5) is 2.08. The van der Waals surface area contributed by atoms with Crippen LogP contribution in [-0.4, -0.2) is 72.6 Å². The summed E-state index contributed by atoms with van der Waals surface area (Å²) in [6.07, 6.45) is 0.425. The van der Waals surface area contributed by atoms with Crippen molar-refractivity contribution >= 4 is 21.5 Å². The second kappa shape index (κ2) is 7.66. The fourth-order valence-electron chi connectivity index (χ4n) is 1.91. The molecule has 0 unspecified atom stereocenters. The first-order chi connectivity index (χ1) is 10.9. The average molecular weight is 341 g/mol. The first-order valence-electron chi connectivity index (χ1n) is 7.48. The summed E-state index contributed by atoms with van der Waals surface area (Å²) in [7, 11) is 0.816. The Hall–Kier alpha value is -1.78. The van der Waals surface area contributed by atoms with E-state index in [1.54, 1.807) is 11.4 Å². The van der Waals surface area contributed by atoms with Gasteiger partial charge in [-0.25, -0.2) is 13.1 Å². The lowest BCUT2D eigenvalue weighted by molar-refractivity contribution is 0.425. The van der Waals surface area contributed by atoms with Gasteiger partial charge in [0.1, 0.15) is 5.82 Å². The lowest BCUT2D eigenvalue weighted by atomic mass is 10.4. The molecule has 0 aromatic carbocycles. The molecule has 10 heteroatoms. The highest BCUT2D eigenvalue weighted by Crippen LogP contribution is 2.07. The predicted octanol–water partition coefficient (Wildman–Crippen LogP) is -0.420. The molecule has 0 amide bonds. The van der Waals surface area contributed by atoms with E-state index in [0.717, 1.165) is 18.9 Å². The van der Waals surface area contributed by atoms with Crippen molar-refractivity contribution in [3.63, 3.8) is 0 Å². The molecule has 9 nitrogen and oxygen atoms in total. The first kappa shape index (κ1) is 17.6. The van der Waals surface area contributed by atoms with Gasteiger partial charge in [0, 0.05) is 26.1 Å². The number of sulfonamides is 1. The predicted molar refractivity (Wildman–Crippen MR) is 89.0 cm³/mol. The highest BCUT2D eigenvalue weighted by Gasteiger charge is 2.10. The highest BCUT2D eigenvalue weighted by molar-refractivity contribution is 7.89. The monoisotopic (exact) mass is 341 g/mol. The quantitative estimate of drug-likeness (QED) is 0.638. The van der Waals surface area contributed by atoms with Crippen molar-refractivity contribution < 1.29 is 8.42 Å². The molecule has 23 heavy (non-hydrogen) atoms. The van der Waals surface area contributed by atoms with E-state index in [2.05, 4.69) is 30.2 Å². The molecule has 128 valence electrons. The highest BCUT2D eigenvalue weighted by atomic mass is 32.2. The SMILES string of the molecule is CCS(=O)(=O)NCCc1nnc2ccc(NCCN(C)C)nn12. The molecule has 0 bridgehead atoms. The molecule has 2 rings (SSSR count). The van der Waals surface area contributed by atoms with Gasteiger partial charge in [-0.15, -0.1) is 15.3 Å². The number of nitrogens with one attached hydrogen (secondary N) is 2. The van der Waals surface area contributed by atoms with Gasteiger partial charge in [-0.05, 0) is 33.2 Å². The van der Waals surface area contributed by atoms with Crippen LogP contribution < -0.4 is 10.0 Å². The van der Waals surface area contributed by atoms with Crippen LogP contribution in [-0.2, 0) is 16.4 Å². The van der Waals surface area contributed by atoms with E-state index in [4.69, 9.17) is 0 Å². The average Bonchev–Trinajstić information content (AvgIpc) is 2.89. The van der Waals surface area contributed by atoms with E-state index in [1.165, 1.54) is 0 Å². The van der Waals surface area contributed by atoms with E-state index >= 15 is 0 Å². The molecule has 0 aliphatic carbocycles. The van der Waals surface area contributed by atoms with Gasteiger partial charge in [0.15, 0.2) is 11.5 Å². The van der Waals surface area contributed by atoms with Gasteiger partial charge in [-0.2, -0.15) is 4.52 Å². The zero-order valence-electron chi connectivity index (χ0n) is 13.7. The minimum atomic E-state index is -3.20. The standard InChI is InChI=1S/C13H23N7O2S/c1-4-23(21,22)15-8-7-13-17-16-12-6-5-11(18-20(12)13)14-9-10-19(2)3/h5-6,15H,4,7-10H2,1-3H3,(H,14,18). The normalized spacial score (nSPS) is 12.2. The maximum Gasteiger partial charge on any atom is 0.211 e. The summed E-state index contributed by atoms with van der Waals surface area (Å²) in [5.41, 5.74) is 0.636. The van der Waals surface area contributed by atoms with Crippen LogP contribution in [0.25, 0.3) is 5.65 Å². The summed E-state index contributed by atoms with van der Waals surface area (Å²) in [5.74, 6) is 1.41. The summed E-state index contributed by atoms with van der Waals surface area (Å²) >= 11 is 0. The Kier molecular flexibility index (Phi) is 5.85. The summed E-state index contributed by atoms with van der Waals surface area (Å²) < 4.78 is 27.0. The zero-order chi connectivity index (χ0) is 16.9.